The maximum absolute atomic E-state index is 12.5. The molecular formula is C17H18ClN3O2S. The first-order valence-electron chi connectivity index (χ1n) is 7.37. The van der Waals surface area contributed by atoms with Gasteiger partial charge in [-0.05, 0) is 42.7 Å². The van der Waals surface area contributed by atoms with Crippen LogP contribution in [-0.4, -0.2) is 34.8 Å². The van der Waals surface area contributed by atoms with E-state index in [4.69, 9.17) is 11.6 Å². The van der Waals surface area contributed by atoms with E-state index in [0.717, 1.165) is 5.75 Å². The minimum absolute atomic E-state index is 0.268. The normalized spacial score (nSPS) is 11.6. The summed E-state index contributed by atoms with van der Waals surface area (Å²) in [4.78, 5) is 28.8. The Bertz CT molecular complexity index is 697. The van der Waals surface area contributed by atoms with Gasteiger partial charge in [0.05, 0.1) is 10.6 Å². The predicted molar refractivity (Wildman–Crippen MR) is 98.6 cm³/mol. The van der Waals surface area contributed by atoms with E-state index in [1.807, 2.05) is 6.26 Å². The average Bonchev–Trinajstić information content (AvgIpc) is 2.59. The first kappa shape index (κ1) is 18.3. The van der Waals surface area contributed by atoms with Crippen LogP contribution in [-0.2, 0) is 4.79 Å². The first-order chi connectivity index (χ1) is 11.6. The second-order valence-corrected chi connectivity index (χ2v) is 6.41. The number of aromatic nitrogens is 1. The zero-order valence-corrected chi connectivity index (χ0v) is 14.7. The maximum atomic E-state index is 12.5. The standard InChI is InChI=1S/C17H18ClN3O2S/c1-24-11-8-15(17(23)20-12-6-9-19-10-7-12)21-16(22)13-4-2-3-5-14(13)18/h2-7,9-10,15H,8,11H2,1H3,(H,21,22)(H,19,20,23)/t15-/m1/s1. The fraction of sp³-hybridized carbons (Fsp3) is 0.235. The van der Waals surface area contributed by atoms with Crippen molar-refractivity contribution in [2.75, 3.05) is 17.3 Å². The molecule has 1 atom stereocenters. The van der Waals surface area contributed by atoms with Crippen LogP contribution < -0.4 is 10.6 Å². The molecule has 0 aliphatic rings. The molecule has 24 heavy (non-hydrogen) atoms. The number of carbonyl (C=O) groups excluding carboxylic acids is 2. The fourth-order valence-electron chi connectivity index (χ4n) is 2.05. The average molecular weight is 364 g/mol. The van der Waals surface area contributed by atoms with Gasteiger partial charge >= 0.3 is 0 Å². The minimum Gasteiger partial charge on any atom is -0.340 e. The lowest BCUT2D eigenvalue weighted by Gasteiger charge is -2.18. The number of nitrogens with one attached hydrogen (secondary N) is 2. The van der Waals surface area contributed by atoms with E-state index in [-0.39, 0.29) is 11.8 Å². The Morgan fingerprint density at radius 1 is 1.21 bits per heavy atom. The summed E-state index contributed by atoms with van der Waals surface area (Å²) in [6.07, 6.45) is 5.66. The summed E-state index contributed by atoms with van der Waals surface area (Å²) in [6, 6.07) is 9.50. The van der Waals surface area contributed by atoms with Crippen molar-refractivity contribution < 1.29 is 9.59 Å². The molecule has 1 aromatic carbocycles. The third-order valence-electron chi connectivity index (χ3n) is 3.30. The van der Waals surface area contributed by atoms with Crippen molar-refractivity contribution in [3.63, 3.8) is 0 Å². The van der Waals surface area contributed by atoms with Crippen LogP contribution in [0.3, 0.4) is 0 Å². The number of pyridine rings is 1. The Labute approximate surface area is 150 Å². The molecule has 1 heterocycles. The molecule has 0 aliphatic heterocycles. The highest BCUT2D eigenvalue weighted by molar-refractivity contribution is 7.98. The molecule has 0 saturated heterocycles. The van der Waals surface area contributed by atoms with Gasteiger partial charge in [-0.1, -0.05) is 23.7 Å². The Kier molecular flexibility index (Phi) is 7.08. The number of thioether (sulfide) groups is 1. The largest absolute Gasteiger partial charge is 0.340 e. The molecular weight excluding hydrogens is 346 g/mol. The van der Waals surface area contributed by atoms with Crippen LogP contribution in [0.15, 0.2) is 48.8 Å². The van der Waals surface area contributed by atoms with E-state index in [1.54, 1.807) is 60.6 Å². The molecule has 0 spiro atoms. The summed E-state index contributed by atoms with van der Waals surface area (Å²) in [6.45, 7) is 0. The van der Waals surface area contributed by atoms with Crippen molar-refractivity contribution in [2.24, 2.45) is 0 Å². The van der Waals surface area contributed by atoms with Gasteiger partial charge in [0.2, 0.25) is 5.91 Å². The molecule has 0 aliphatic carbocycles. The van der Waals surface area contributed by atoms with Crippen LogP contribution in [0.5, 0.6) is 0 Å². The zero-order chi connectivity index (χ0) is 17.4. The minimum atomic E-state index is -0.644. The van der Waals surface area contributed by atoms with Crippen molar-refractivity contribution in [1.29, 1.82) is 0 Å². The number of anilines is 1. The second kappa shape index (κ2) is 9.30. The van der Waals surface area contributed by atoms with E-state index >= 15 is 0 Å². The SMILES string of the molecule is CSCC[C@@H](NC(=O)c1ccccc1Cl)C(=O)Nc1ccncc1. The Morgan fingerprint density at radius 2 is 1.92 bits per heavy atom. The third-order valence-corrected chi connectivity index (χ3v) is 4.27. The van der Waals surface area contributed by atoms with E-state index in [2.05, 4.69) is 15.6 Å². The Balaban J connectivity index is 2.08. The molecule has 0 fully saturated rings. The monoisotopic (exact) mass is 363 g/mol. The quantitative estimate of drug-likeness (QED) is 0.792. The number of rotatable bonds is 7. The van der Waals surface area contributed by atoms with Crippen molar-refractivity contribution in [1.82, 2.24) is 10.3 Å². The van der Waals surface area contributed by atoms with Crippen molar-refractivity contribution >= 4 is 40.9 Å². The van der Waals surface area contributed by atoms with E-state index in [1.165, 1.54) is 0 Å². The summed E-state index contributed by atoms with van der Waals surface area (Å²) in [7, 11) is 0. The van der Waals surface area contributed by atoms with Gasteiger partial charge < -0.3 is 10.6 Å². The van der Waals surface area contributed by atoms with Gasteiger partial charge in [-0.2, -0.15) is 11.8 Å². The summed E-state index contributed by atoms with van der Waals surface area (Å²) in [5.74, 6) is 0.115. The molecule has 2 rings (SSSR count). The lowest BCUT2D eigenvalue weighted by atomic mass is 10.1. The summed E-state index contributed by atoms with van der Waals surface area (Å²) >= 11 is 7.66. The number of carbonyl (C=O) groups is 2. The van der Waals surface area contributed by atoms with Crippen LogP contribution in [0.1, 0.15) is 16.8 Å². The Morgan fingerprint density at radius 3 is 2.58 bits per heavy atom. The van der Waals surface area contributed by atoms with Gasteiger partial charge in [-0.25, -0.2) is 0 Å². The van der Waals surface area contributed by atoms with Gasteiger partial charge in [0.1, 0.15) is 6.04 Å². The predicted octanol–water partition coefficient (Wildman–Crippen LogP) is 3.23. The number of amides is 2. The molecule has 0 bridgehead atoms. The number of benzene rings is 1. The zero-order valence-electron chi connectivity index (χ0n) is 13.2. The number of nitrogens with zero attached hydrogens (tertiary/aromatic N) is 1. The van der Waals surface area contributed by atoms with Crippen molar-refractivity contribution in [3.8, 4) is 0 Å². The van der Waals surface area contributed by atoms with Crippen molar-refractivity contribution in [2.45, 2.75) is 12.5 Å². The smallest absolute Gasteiger partial charge is 0.253 e. The van der Waals surface area contributed by atoms with Gasteiger partial charge in [-0.3, -0.25) is 14.6 Å². The van der Waals surface area contributed by atoms with Crippen LogP contribution >= 0.6 is 23.4 Å². The fourth-order valence-corrected chi connectivity index (χ4v) is 2.74. The van der Waals surface area contributed by atoms with E-state index < -0.39 is 6.04 Å². The summed E-state index contributed by atoms with van der Waals surface area (Å²) in [5, 5.41) is 5.91. The van der Waals surface area contributed by atoms with Crippen LogP contribution in [0.2, 0.25) is 5.02 Å². The second-order valence-electron chi connectivity index (χ2n) is 5.01. The van der Waals surface area contributed by atoms with Crippen LogP contribution in [0.25, 0.3) is 0 Å². The van der Waals surface area contributed by atoms with Gasteiger partial charge in [0, 0.05) is 18.1 Å². The molecule has 2 aromatic rings. The summed E-state index contributed by atoms with van der Waals surface area (Å²) < 4.78 is 0. The Hall–Kier alpha value is -2.05. The van der Waals surface area contributed by atoms with Gasteiger partial charge in [0.25, 0.3) is 5.91 Å². The van der Waals surface area contributed by atoms with Gasteiger partial charge in [-0.15, -0.1) is 0 Å². The summed E-state index contributed by atoms with van der Waals surface area (Å²) in [5.41, 5.74) is 0.987. The number of halogens is 1. The van der Waals surface area contributed by atoms with Crippen molar-refractivity contribution in [3.05, 3.63) is 59.4 Å². The topological polar surface area (TPSA) is 71.1 Å². The molecule has 126 valence electrons. The first-order valence-corrected chi connectivity index (χ1v) is 9.14. The highest BCUT2D eigenvalue weighted by atomic mass is 35.5. The van der Waals surface area contributed by atoms with Crippen LogP contribution in [0, 0.1) is 0 Å². The van der Waals surface area contributed by atoms with Crippen LogP contribution in [0.4, 0.5) is 5.69 Å². The molecule has 7 heteroatoms. The van der Waals surface area contributed by atoms with E-state index in [9.17, 15) is 9.59 Å². The third kappa shape index (κ3) is 5.25. The number of hydrogen-bond donors (Lipinski definition) is 2. The molecule has 2 amide bonds. The molecule has 5 nitrogen and oxygen atoms in total. The lowest BCUT2D eigenvalue weighted by Crippen LogP contribution is -2.44. The maximum Gasteiger partial charge on any atom is 0.253 e. The lowest BCUT2D eigenvalue weighted by molar-refractivity contribution is -0.118. The number of hydrogen-bond acceptors (Lipinski definition) is 4. The molecule has 0 saturated carbocycles. The molecule has 2 N–H and O–H groups in total. The molecule has 0 radical (unpaired) electrons. The highest BCUT2D eigenvalue weighted by Gasteiger charge is 2.22. The van der Waals surface area contributed by atoms with Gasteiger partial charge in [0.15, 0.2) is 0 Å². The molecule has 1 aromatic heterocycles. The highest BCUT2D eigenvalue weighted by Crippen LogP contribution is 2.15. The molecule has 0 unspecified atom stereocenters. The van der Waals surface area contributed by atoms with E-state index in [0.29, 0.717) is 22.7 Å².